The summed E-state index contributed by atoms with van der Waals surface area (Å²) in [7, 11) is 1.77. The SMILES string of the molecule is CNC(CO)N(CCN)CCO. The van der Waals surface area contributed by atoms with Crippen LogP contribution in [0.4, 0.5) is 0 Å². The van der Waals surface area contributed by atoms with Gasteiger partial charge < -0.3 is 21.3 Å². The van der Waals surface area contributed by atoms with Gasteiger partial charge in [-0.1, -0.05) is 0 Å². The largest absolute Gasteiger partial charge is 0.395 e. The molecule has 0 heterocycles. The van der Waals surface area contributed by atoms with Crippen LogP contribution in [0.25, 0.3) is 0 Å². The van der Waals surface area contributed by atoms with Crippen molar-refractivity contribution >= 4 is 0 Å². The van der Waals surface area contributed by atoms with Gasteiger partial charge in [-0.15, -0.1) is 0 Å². The zero-order valence-corrected chi connectivity index (χ0v) is 7.53. The highest BCUT2D eigenvalue weighted by atomic mass is 16.3. The zero-order valence-electron chi connectivity index (χ0n) is 7.53. The maximum atomic E-state index is 8.92. The molecular weight excluding hydrogens is 158 g/mol. The van der Waals surface area contributed by atoms with E-state index < -0.39 is 0 Å². The van der Waals surface area contributed by atoms with Crippen LogP contribution in [-0.2, 0) is 0 Å². The number of aliphatic hydroxyl groups excluding tert-OH is 2. The molecule has 0 aromatic carbocycles. The lowest BCUT2D eigenvalue weighted by Crippen LogP contribution is -2.49. The number of hydrogen-bond donors (Lipinski definition) is 4. The quantitative estimate of drug-likeness (QED) is 0.331. The number of nitrogens with one attached hydrogen (secondary N) is 1. The Morgan fingerprint density at radius 2 is 2.08 bits per heavy atom. The van der Waals surface area contributed by atoms with Gasteiger partial charge >= 0.3 is 0 Å². The third kappa shape index (κ3) is 3.99. The molecule has 0 aliphatic rings. The van der Waals surface area contributed by atoms with E-state index in [1.54, 1.807) is 7.05 Å². The van der Waals surface area contributed by atoms with Crippen molar-refractivity contribution in [3.63, 3.8) is 0 Å². The number of rotatable bonds is 7. The normalized spacial score (nSPS) is 13.8. The molecule has 0 spiro atoms. The van der Waals surface area contributed by atoms with Crippen molar-refractivity contribution < 1.29 is 10.2 Å². The molecule has 0 radical (unpaired) electrons. The summed E-state index contributed by atoms with van der Waals surface area (Å²) in [5.41, 5.74) is 5.37. The molecule has 12 heavy (non-hydrogen) atoms. The summed E-state index contributed by atoms with van der Waals surface area (Å²) in [5.74, 6) is 0. The third-order valence-electron chi connectivity index (χ3n) is 1.75. The standard InChI is InChI=1S/C7H19N3O2/c1-9-7(6-12)10(3-2-8)4-5-11/h7,9,11-12H,2-6,8H2,1H3. The van der Waals surface area contributed by atoms with E-state index in [1.807, 2.05) is 4.90 Å². The summed E-state index contributed by atoms with van der Waals surface area (Å²) in [6.45, 7) is 1.84. The van der Waals surface area contributed by atoms with Crippen LogP contribution in [0.5, 0.6) is 0 Å². The van der Waals surface area contributed by atoms with E-state index >= 15 is 0 Å². The topological polar surface area (TPSA) is 81.8 Å². The van der Waals surface area contributed by atoms with Crippen LogP contribution in [0, 0.1) is 0 Å². The van der Waals surface area contributed by atoms with Gasteiger partial charge in [0.05, 0.1) is 19.4 Å². The Balaban J connectivity index is 3.86. The van der Waals surface area contributed by atoms with Crippen LogP contribution in [0.15, 0.2) is 0 Å². The second-order valence-corrected chi connectivity index (χ2v) is 2.54. The van der Waals surface area contributed by atoms with Crippen molar-refractivity contribution in [1.82, 2.24) is 10.2 Å². The molecule has 0 rings (SSSR count). The Bertz CT molecular complexity index is 92.7. The molecule has 1 unspecified atom stereocenters. The number of likely N-dealkylation sites (N-methyl/N-ethyl adjacent to an activating group) is 1. The monoisotopic (exact) mass is 177 g/mol. The summed E-state index contributed by atoms with van der Waals surface area (Å²) in [6, 6.07) is 0. The van der Waals surface area contributed by atoms with Gasteiger partial charge in [-0.05, 0) is 7.05 Å². The lowest BCUT2D eigenvalue weighted by Gasteiger charge is -2.28. The Morgan fingerprint density at radius 3 is 2.42 bits per heavy atom. The second kappa shape index (κ2) is 7.45. The van der Waals surface area contributed by atoms with E-state index in [9.17, 15) is 0 Å². The van der Waals surface area contributed by atoms with Crippen molar-refractivity contribution in [1.29, 1.82) is 0 Å². The van der Waals surface area contributed by atoms with Crippen LogP contribution < -0.4 is 11.1 Å². The van der Waals surface area contributed by atoms with Crippen LogP contribution in [0.1, 0.15) is 0 Å². The molecule has 0 saturated carbocycles. The molecule has 5 nitrogen and oxygen atoms in total. The molecule has 5 heteroatoms. The van der Waals surface area contributed by atoms with Crippen molar-refractivity contribution in [3.8, 4) is 0 Å². The van der Waals surface area contributed by atoms with Crippen molar-refractivity contribution in [2.75, 3.05) is 39.9 Å². The van der Waals surface area contributed by atoms with Crippen LogP contribution in [0.2, 0.25) is 0 Å². The van der Waals surface area contributed by atoms with E-state index in [0.29, 0.717) is 19.6 Å². The number of aliphatic hydroxyl groups is 2. The first-order valence-corrected chi connectivity index (χ1v) is 4.13. The predicted molar refractivity (Wildman–Crippen MR) is 47.6 cm³/mol. The maximum Gasteiger partial charge on any atom is 0.0834 e. The lowest BCUT2D eigenvalue weighted by molar-refractivity contribution is 0.0887. The molecule has 5 N–H and O–H groups in total. The van der Waals surface area contributed by atoms with E-state index in [-0.39, 0.29) is 19.4 Å². The van der Waals surface area contributed by atoms with Gasteiger partial charge in [0.15, 0.2) is 0 Å². The summed E-state index contributed by atoms with van der Waals surface area (Å²) in [5, 5.41) is 20.6. The Morgan fingerprint density at radius 1 is 1.42 bits per heavy atom. The van der Waals surface area contributed by atoms with Crippen LogP contribution in [0.3, 0.4) is 0 Å². The lowest BCUT2D eigenvalue weighted by atomic mass is 10.4. The van der Waals surface area contributed by atoms with Crippen molar-refractivity contribution in [2.45, 2.75) is 6.17 Å². The minimum atomic E-state index is -0.110. The Kier molecular flexibility index (Phi) is 7.33. The summed E-state index contributed by atoms with van der Waals surface area (Å²) in [6.07, 6.45) is -0.110. The fourth-order valence-corrected chi connectivity index (χ4v) is 1.11. The van der Waals surface area contributed by atoms with E-state index in [0.717, 1.165) is 0 Å². The average Bonchev–Trinajstić information content (AvgIpc) is 2.07. The first-order chi connectivity index (χ1) is 5.79. The molecule has 74 valence electrons. The molecule has 1 atom stereocenters. The molecule has 0 aromatic rings. The Labute approximate surface area is 73.2 Å². The van der Waals surface area contributed by atoms with E-state index in [4.69, 9.17) is 15.9 Å². The average molecular weight is 177 g/mol. The van der Waals surface area contributed by atoms with Gasteiger partial charge in [-0.25, -0.2) is 0 Å². The minimum absolute atomic E-state index is 0.0243. The highest BCUT2D eigenvalue weighted by Gasteiger charge is 2.13. The molecular formula is C7H19N3O2. The fraction of sp³-hybridized carbons (Fsp3) is 1.00. The van der Waals surface area contributed by atoms with Gasteiger partial charge in [0.2, 0.25) is 0 Å². The summed E-state index contributed by atoms with van der Waals surface area (Å²) >= 11 is 0. The van der Waals surface area contributed by atoms with Gasteiger partial charge in [0.25, 0.3) is 0 Å². The first-order valence-electron chi connectivity index (χ1n) is 4.13. The first kappa shape index (κ1) is 11.8. The van der Waals surface area contributed by atoms with Gasteiger partial charge in [-0.2, -0.15) is 0 Å². The molecule has 0 aliphatic carbocycles. The fourth-order valence-electron chi connectivity index (χ4n) is 1.11. The van der Waals surface area contributed by atoms with E-state index in [1.165, 1.54) is 0 Å². The summed E-state index contributed by atoms with van der Waals surface area (Å²) < 4.78 is 0. The predicted octanol–water partition coefficient (Wildman–Crippen LogP) is -2.22. The Hall–Kier alpha value is -0.200. The van der Waals surface area contributed by atoms with E-state index in [2.05, 4.69) is 5.32 Å². The van der Waals surface area contributed by atoms with Crippen molar-refractivity contribution in [2.24, 2.45) is 5.73 Å². The highest BCUT2D eigenvalue weighted by molar-refractivity contribution is 4.66. The third-order valence-corrected chi connectivity index (χ3v) is 1.75. The molecule has 0 amide bonds. The zero-order chi connectivity index (χ0) is 9.40. The van der Waals surface area contributed by atoms with Gasteiger partial charge in [0, 0.05) is 19.6 Å². The van der Waals surface area contributed by atoms with Gasteiger partial charge in [-0.3, -0.25) is 4.90 Å². The molecule has 0 saturated heterocycles. The van der Waals surface area contributed by atoms with Crippen LogP contribution >= 0.6 is 0 Å². The number of nitrogens with zero attached hydrogens (tertiary/aromatic N) is 1. The van der Waals surface area contributed by atoms with Crippen LogP contribution in [-0.4, -0.2) is 61.2 Å². The smallest absolute Gasteiger partial charge is 0.0834 e. The summed E-state index contributed by atoms with van der Waals surface area (Å²) in [4.78, 5) is 1.90. The van der Waals surface area contributed by atoms with Crippen molar-refractivity contribution in [3.05, 3.63) is 0 Å². The number of nitrogens with two attached hydrogens (primary N) is 1. The van der Waals surface area contributed by atoms with Gasteiger partial charge in [0.1, 0.15) is 0 Å². The molecule has 0 fully saturated rings. The molecule has 0 bridgehead atoms. The highest BCUT2D eigenvalue weighted by Crippen LogP contribution is 1.93. The maximum absolute atomic E-state index is 8.92. The molecule has 0 aromatic heterocycles. The minimum Gasteiger partial charge on any atom is -0.395 e. The molecule has 0 aliphatic heterocycles. The number of hydrogen-bond acceptors (Lipinski definition) is 5. The second-order valence-electron chi connectivity index (χ2n) is 2.54.